The molecule has 9 heteroatoms. The van der Waals surface area contributed by atoms with E-state index in [1.165, 1.54) is 36.4 Å². The minimum Gasteiger partial charge on any atom is -0.379 e. The predicted molar refractivity (Wildman–Crippen MR) is 133 cm³/mol. The van der Waals surface area contributed by atoms with Crippen LogP contribution in [0.1, 0.15) is 44.9 Å². The second-order valence-electron chi connectivity index (χ2n) is 10.3. The molecule has 3 heterocycles. The number of carbonyl (C=O) groups is 1. The zero-order valence-corrected chi connectivity index (χ0v) is 20.9. The number of anilines is 2. The molecule has 188 valence electrons. The fourth-order valence-electron chi connectivity index (χ4n) is 6.16. The second kappa shape index (κ2) is 10.5. The van der Waals surface area contributed by atoms with E-state index in [0.29, 0.717) is 38.5 Å². The van der Waals surface area contributed by atoms with Gasteiger partial charge in [-0.15, -0.1) is 0 Å². The quantitative estimate of drug-likeness (QED) is 0.660. The summed E-state index contributed by atoms with van der Waals surface area (Å²) in [6, 6.07) is 5.20. The molecular formula is C25H38N4O4S. The van der Waals surface area contributed by atoms with Crippen LogP contribution in [0.15, 0.2) is 23.1 Å². The van der Waals surface area contributed by atoms with Crippen LogP contribution in [-0.4, -0.2) is 82.6 Å². The van der Waals surface area contributed by atoms with Crippen molar-refractivity contribution < 1.29 is 17.9 Å². The average molecular weight is 491 g/mol. The Bertz CT molecular complexity index is 973. The van der Waals surface area contributed by atoms with Crippen molar-refractivity contribution in [3.05, 3.63) is 18.2 Å². The van der Waals surface area contributed by atoms with Crippen LogP contribution < -0.4 is 10.2 Å². The van der Waals surface area contributed by atoms with Gasteiger partial charge in [-0.25, -0.2) is 8.42 Å². The number of fused-ring (bicyclic) bond motifs is 1. The van der Waals surface area contributed by atoms with Crippen molar-refractivity contribution in [3.63, 3.8) is 0 Å². The zero-order valence-electron chi connectivity index (χ0n) is 20.1. The third-order valence-corrected chi connectivity index (χ3v) is 9.93. The number of hydrogen-bond donors (Lipinski definition) is 1. The summed E-state index contributed by atoms with van der Waals surface area (Å²) < 4.78 is 33.3. The van der Waals surface area contributed by atoms with Gasteiger partial charge in [-0.3, -0.25) is 9.69 Å². The Hall–Kier alpha value is -1.68. The van der Waals surface area contributed by atoms with Gasteiger partial charge in [0.05, 0.1) is 36.0 Å². The molecule has 2 atom stereocenters. The lowest BCUT2D eigenvalue weighted by molar-refractivity contribution is -0.118. The number of morpholine rings is 1. The van der Waals surface area contributed by atoms with Crippen LogP contribution in [-0.2, 0) is 19.6 Å². The van der Waals surface area contributed by atoms with E-state index in [1.807, 2.05) is 6.07 Å². The summed E-state index contributed by atoms with van der Waals surface area (Å²) in [6.07, 6.45) is 8.69. The normalized spacial score (nSPS) is 26.9. The minimum atomic E-state index is -3.63. The third-order valence-electron chi connectivity index (χ3n) is 8.04. The Morgan fingerprint density at radius 1 is 0.941 bits per heavy atom. The smallest absolute Gasteiger partial charge is 0.243 e. The van der Waals surface area contributed by atoms with Gasteiger partial charge in [0.1, 0.15) is 0 Å². The first-order valence-electron chi connectivity index (χ1n) is 13.0. The van der Waals surface area contributed by atoms with E-state index < -0.39 is 10.0 Å². The maximum absolute atomic E-state index is 13.2. The van der Waals surface area contributed by atoms with Crippen molar-refractivity contribution >= 4 is 27.3 Å². The van der Waals surface area contributed by atoms with Gasteiger partial charge in [0.2, 0.25) is 15.9 Å². The van der Waals surface area contributed by atoms with Crippen LogP contribution in [0, 0.1) is 11.8 Å². The minimum absolute atomic E-state index is 0.0596. The van der Waals surface area contributed by atoms with Gasteiger partial charge in [0.15, 0.2) is 0 Å². The molecule has 0 spiro atoms. The fraction of sp³-hybridized carbons (Fsp3) is 0.720. The molecule has 1 aliphatic carbocycles. The number of ether oxygens (including phenoxy) is 1. The number of amides is 1. The number of carbonyl (C=O) groups excluding carboxylic acids is 1. The molecule has 0 bridgehead atoms. The van der Waals surface area contributed by atoms with Crippen LogP contribution in [0.2, 0.25) is 0 Å². The lowest BCUT2D eigenvalue weighted by Crippen LogP contribution is -2.45. The summed E-state index contributed by atoms with van der Waals surface area (Å²) in [4.78, 5) is 17.9. The molecule has 1 aromatic rings. The standard InChI is InChI=1S/C25H38N4O4S/c30-25(19-27-12-9-20-5-1-2-6-21(20)18-27)26-23-17-22(7-8-24(23)28-10-3-4-11-28)34(31,32)29-13-15-33-16-14-29/h7-8,17,20-21H,1-6,9-16,18-19H2,(H,26,30)/t20-,21+/m1/s1. The van der Waals surface area contributed by atoms with Gasteiger partial charge in [0.25, 0.3) is 0 Å². The molecule has 0 aromatic heterocycles. The molecule has 1 N–H and O–H groups in total. The molecule has 3 aliphatic heterocycles. The Morgan fingerprint density at radius 2 is 1.68 bits per heavy atom. The molecule has 1 aromatic carbocycles. The van der Waals surface area contributed by atoms with E-state index in [9.17, 15) is 13.2 Å². The van der Waals surface area contributed by atoms with Gasteiger partial charge in [-0.2, -0.15) is 4.31 Å². The van der Waals surface area contributed by atoms with Crippen molar-refractivity contribution in [1.82, 2.24) is 9.21 Å². The SMILES string of the molecule is O=C(CN1CC[C@H]2CCCC[C@H]2C1)Nc1cc(S(=O)(=O)N2CCOCC2)ccc1N1CCCC1. The van der Waals surface area contributed by atoms with E-state index in [0.717, 1.165) is 56.5 Å². The van der Waals surface area contributed by atoms with Crippen LogP contribution >= 0.6 is 0 Å². The van der Waals surface area contributed by atoms with Gasteiger partial charge >= 0.3 is 0 Å². The molecule has 1 saturated carbocycles. The Morgan fingerprint density at radius 3 is 2.44 bits per heavy atom. The number of hydrogen-bond acceptors (Lipinski definition) is 6. The van der Waals surface area contributed by atoms with Crippen molar-refractivity contribution in [2.75, 3.05) is 69.2 Å². The highest BCUT2D eigenvalue weighted by Gasteiger charge is 2.32. The molecule has 4 fully saturated rings. The lowest BCUT2D eigenvalue weighted by Gasteiger charge is -2.41. The van der Waals surface area contributed by atoms with E-state index in [4.69, 9.17) is 4.74 Å². The highest BCUT2D eigenvalue weighted by atomic mass is 32.2. The van der Waals surface area contributed by atoms with Crippen LogP contribution in [0.25, 0.3) is 0 Å². The Kier molecular flexibility index (Phi) is 7.44. The largest absolute Gasteiger partial charge is 0.379 e. The first-order chi connectivity index (χ1) is 16.5. The Labute approximate surface area is 203 Å². The topological polar surface area (TPSA) is 82.2 Å². The molecular weight excluding hydrogens is 452 g/mol. The van der Waals surface area contributed by atoms with Crippen LogP contribution in [0.4, 0.5) is 11.4 Å². The van der Waals surface area contributed by atoms with Crippen LogP contribution in [0.5, 0.6) is 0 Å². The number of nitrogens with zero attached hydrogens (tertiary/aromatic N) is 3. The average Bonchev–Trinajstić information content (AvgIpc) is 3.39. The molecule has 1 amide bonds. The third kappa shape index (κ3) is 5.27. The highest BCUT2D eigenvalue weighted by molar-refractivity contribution is 7.89. The summed E-state index contributed by atoms with van der Waals surface area (Å²) in [5, 5.41) is 3.09. The van der Waals surface area contributed by atoms with Crippen molar-refractivity contribution in [2.45, 2.75) is 49.8 Å². The van der Waals surface area contributed by atoms with Crippen molar-refractivity contribution in [2.24, 2.45) is 11.8 Å². The van der Waals surface area contributed by atoms with Gasteiger partial charge in [0, 0.05) is 32.7 Å². The van der Waals surface area contributed by atoms with Gasteiger partial charge in [-0.1, -0.05) is 19.3 Å². The maximum atomic E-state index is 13.2. The lowest BCUT2D eigenvalue weighted by atomic mass is 9.75. The van der Waals surface area contributed by atoms with Gasteiger partial charge in [-0.05, 0) is 62.3 Å². The van der Waals surface area contributed by atoms with Crippen LogP contribution in [0.3, 0.4) is 0 Å². The number of benzene rings is 1. The summed E-state index contributed by atoms with van der Waals surface area (Å²) in [5.41, 5.74) is 1.52. The Balaban J connectivity index is 1.32. The predicted octanol–water partition coefficient (Wildman–Crippen LogP) is 2.76. The maximum Gasteiger partial charge on any atom is 0.243 e. The first-order valence-corrected chi connectivity index (χ1v) is 14.4. The number of rotatable bonds is 6. The highest BCUT2D eigenvalue weighted by Crippen LogP contribution is 2.36. The van der Waals surface area contributed by atoms with Gasteiger partial charge < -0.3 is 15.0 Å². The van der Waals surface area contributed by atoms with E-state index in [2.05, 4.69) is 15.1 Å². The second-order valence-corrected chi connectivity index (χ2v) is 12.2. The van der Waals surface area contributed by atoms with Crippen molar-refractivity contribution in [3.8, 4) is 0 Å². The number of piperidine rings is 1. The molecule has 3 saturated heterocycles. The number of nitrogens with one attached hydrogen (secondary N) is 1. The fourth-order valence-corrected chi connectivity index (χ4v) is 7.59. The van der Waals surface area contributed by atoms with E-state index in [-0.39, 0.29) is 10.8 Å². The molecule has 34 heavy (non-hydrogen) atoms. The molecule has 0 unspecified atom stereocenters. The number of likely N-dealkylation sites (tertiary alicyclic amines) is 1. The monoisotopic (exact) mass is 490 g/mol. The van der Waals surface area contributed by atoms with Crippen molar-refractivity contribution in [1.29, 1.82) is 0 Å². The first kappa shape index (κ1) is 24.0. The summed E-state index contributed by atoms with van der Waals surface area (Å²) in [5.74, 6) is 1.49. The molecule has 8 nitrogen and oxygen atoms in total. The number of sulfonamides is 1. The zero-order chi connectivity index (χ0) is 23.5. The summed E-state index contributed by atoms with van der Waals surface area (Å²) in [6.45, 7) is 5.72. The van der Waals surface area contributed by atoms with E-state index in [1.54, 1.807) is 12.1 Å². The molecule has 4 aliphatic rings. The summed E-state index contributed by atoms with van der Waals surface area (Å²) >= 11 is 0. The molecule has 0 radical (unpaired) electrons. The van der Waals surface area contributed by atoms with E-state index >= 15 is 0 Å². The summed E-state index contributed by atoms with van der Waals surface area (Å²) in [7, 11) is -3.63. The molecule has 5 rings (SSSR count).